The summed E-state index contributed by atoms with van der Waals surface area (Å²) in [5.74, 6) is 0. The van der Waals surface area contributed by atoms with Gasteiger partial charge in [0.15, 0.2) is 0 Å². The number of alkyl halides is 1. The van der Waals surface area contributed by atoms with Crippen molar-refractivity contribution >= 4 is 38.2 Å². The first-order chi connectivity index (χ1) is 9.76. The van der Waals surface area contributed by atoms with E-state index in [1.54, 1.807) is 0 Å². The Labute approximate surface area is 131 Å². The minimum Gasteiger partial charge on any atom is -0.253 e. The molecule has 0 spiro atoms. The summed E-state index contributed by atoms with van der Waals surface area (Å²) in [6.07, 6.45) is 2.03. The smallest absolute Gasteiger partial charge is 0.0705 e. The van der Waals surface area contributed by atoms with Crippen molar-refractivity contribution in [1.82, 2.24) is 4.98 Å². The number of aromatic nitrogens is 1. The lowest BCUT2D eigenvalue weighted by Gasteiger charge is -2.08. The number of nitrogens with zero attached hydrogens (tertiary/aromatic N) is 1. The number of hydrogen-bond donors (Lipinski definition) is 0. The topological polar surface area (TPSA) is 12.9 Å². The standard InChI is InChI=1S/C17H16BrNS/c1-2-14-9-10-17(20-14)15(18)11-13-8-7-12-5-3-4-6-16(12)19-13/h3-10,15H,2,11H2,1H3. The number of rotatable bonds is 4. The molecule has 0 aliphatic heterocycles. The fourth-order valence-electron chi connectivity index (χ4n) is 2.26. The Morgan fingerprint density at radius 3 is 2.75 bits per heavy atom. The van der Waals surface area contributed by atoms with E-state index >= 15 is 0 Å². The van der Waals surface area contributed by atoms with Crippen LogP contribution in [0.2, 0.25) is 0 Å². The third-order valence-corrected chi connectivity index (χ3v) is 5.85. The highest BCUT2D eigenvalue weighted by Gasteiger charge is 2.12. The van der Waals surface area contributed by atoms with Gasteiger partial charge in [0.1, 0.15) is 0 Å². The summed E-state index contributed by atoms with van der Waals surface area (Å²) in [7, 11) is 0. The molecule has 2 heterocycles. The Morgan fingerprint density at radius 1 is 1.10 bits per heavy atom. The fourth-order valence-corrected chi connectivity index (χ4v) is 3.95. The van der Waals surface area contributed by atoms with Crippen molar-refractivity contribution in [3.63, 3.8) is 0 Å². The largest absolute Gasteiger partial charge is 0.253 e. The van der Waals surface area contributed by atoms with E-state index in [0.717, 1.165) is 24.1 Å². The van der Waals surface area contributed by atoms with Crippen molar-refractivity contribution < 1.29 is 0 Å². The number of pyridine rings is 1. The van der Waals surface area contributed by atoms with Crippen LogP contribution in [0.5, 0.6) is 0 Å². The molecule has 0 bridgehead atoms. The first kappa shape index (κ1) is 13.8. The van der Waals surface area contributed by atoms with E-state index in [2.05, 4.69) is 65.3 Å². The minimum absolute atomic E-state index is 0.349. The Hall–Kier alpha value is -1.19. The van der Waals surface area contributed by atoms with Crippen LogP contribution in [0.15, 0.2) is 48.5 Å². The first-order valence-corrected chi connectivity index (χ1v) is 8.57. The van der Waals surface area contributed by atoms with Gasteiger partial charge in [0, 0.05) is 27.3 Å². The van der Waals surface area contributed by atoms with E-state index in [1.807, 2.05) is 17.4 Å². The van der Waals surface area contributed by atoms with Crippen LogP contribution in [0.1, 0.15) is 27.2 Å². The molecule has 1 atom stereocenters. The summed E-state index contributed by atoms with van der Waals surface area (Å²) in [6.45, 7) is 2.20. The molecule has 3 aromatic rings. The number of thiophene rings is 1. The molecule has 2 aromatic heterocycles. The lowest BCUT2D eigenvalue weighted by molar-refractivity contribution is 0.929. The zero-order valence-electron chi connectivity index (χ0n) is 11.3. The highest BCUT2D eigenvalue weighted by molar-refractivity contribution is 9.09. The predicted molar refractivity (Wildman–Crippen MR) is 90.8 cm³/mol. The van der Waals surface area contributed by atoms with E-state index in [1.165, 1.54) is 15.1 Å². The van der Waals surface area contributed by atoms with Crippen molar-refractivity contribution in [3.8, 4) is 0 Å². The van der Waals surface area contributed by atoms with Gasteiger partial charge in [-0.15, -0.1) is 11.3 Å². The maximum absolute atomic E-state index is 4.74. The van der Waals surface area contributed by atoms with Gasteiger partial charge >= 0.3 is 0 Å². The normalized spacial score (nSPS) is 12.7. The van der Waals surface area contributed by atoms with Gasteiger partial charge in [0.2, 0.25) is 0 Å². The van der Waals surface area contributed by atoms with Crippen LogP contribution in [-0.2, 0) is 12.8 Å². The summed E-state index contributed by atoms with van der Waals surface area (Å²) in [6, 6.07) is 17.0. The molecule has 1 nitrogen and oxygen atoms in total. The maximum Gasteiger partial charge on any atom is 0.0705 e. The van der Waals surface area contributed by atoms with Gasteiger partial charge in [-0.05, 0) is 30.7 Å². The highest BCUT2D eigenvalue weighted by Crippen LogP contribution is 2.32. The van der Waals surface area contributed by atoms with E-state index < -0.39 is 0 Å². The molecule has 1 unspecified atom stereocenters. The van der Waals surface area contributed by atoms with E-state index in [9.17, 15) is 0 Å². The van der Waals surface area contributed by atoms with Crippen LogP contribution >= 0.6 is 27.3 Å². The lowest BCUT2D eigenvalue weighted by Crippen LogP contribution is -1.96. The molecule has 0 radical (unpaired) electrons. The van der Waals surface area contributed by atoms with Gasteiger partial charge in [-0.2, -0.15) is 0 Å². The Morgan fingerprint density at radius 2 is 1.95 bits per heavy atom. The van der Waals surface area contributed by atoms with Crippen LogP contribution in [0.4, 0.5) is 0 Å². The number of aryl methyl sites for hydroxylation is 1. The molecular formula is C17H16BrNS. The van der Waals surface area contributed by atoms with Crippen LogP contribution in [0.3, 0.4) is 0 Å². The second kappa shape index (κ2) is 6.06. The zero-order valence-corrected chi connectivity index (χ0v) is 13.7. The highest BCUT2D eigenvalue weighted by atomic mass is 79.9. The van der Waals surface area contributed by atoms with Gasteiger partial charge in [0.25, 0.3) is 0 Å². The molecule has 0 amide bonds. The SMILES string of the molecule is CCc1ccc(C(Br)Cc2ccc3ccccc3n2)s1. The Kier molecular flexibility index (Phi) is 4.18. The number of hydrogen-bond acceptors (Lipinski definition) is 2. The van der Waals surface area contributed by atoms with Crippen LogP contribution in [0, 0.1) is 0 Å². The van der Waals surface area contributed by atoms with E-state index in [-0.39, 0.29) is 0 Å². The zero-order chi connectivity index (χ0) is 13.9. The van der Waals surface area contributed by atoms with Crippen molar-refractivity contribution in [2.24, 2.45) is 0 Å². The summed E-state index contributed by atoms with van der Waals surface area (Å²) in [4.78, 5) is 7.92. The quantitative estimate of drug-likeness (QED) is 0.566. The average Bonchev–Trinajstić information content (AvgIpc) is 2.96. The monoisotopic (exact) mass is 345 g/mol. The third kappa shape index (κ3) is 2.94. The molecular weight excluding hydrogens is 330 g/mol. The summed E-state index contributed by atoms with van der Waals surface area (Å²) in [5, 5.41) is 1.20. The molecule has 0 saturated carbocycles. The van der Waals surface area contributed by atoms with Gasteiger partial charge in [-0.25, -0.2) is 0 Å². The molecule has 0 aliphatic rings. The molecule has 102 valence electrons. The molecule has 3 rings (SSSR count). The van der Waals surface area contributed by atoms with Crippen molar-refractivity contribution in [2.75, 3.05) is 0 Å². The Bertz CT molecular complexity index is 720. The summed E-state index contributed by atoms with van der Waals surface area (Å²) < 4.78 is 0. The number of para-hydroxylation sites is 1. The third-order valence-electron chi connectivity index (χ3n) is 3.38. The van der Waals surface area contributed by atoms with Gasteiger partial charge < -0.3 is 0 Å². The average molecular weight is 346 g/mol. The summed E-state index contributed by atoms with van der Waals surface area (Å²) >= 11 is 5.69. The van der Waals surface area contributed by atoms with E-state index in [4.69, 9.17) is 4.98 Å². The Balaban J connectivity index is 1.81. The van der Waals surface area contributed by atoms with Crippen LogP contribution in [-0.4, -0.2) is 4.98 Å². The lowest BCUT2D eigenvalue weighted by atomic mass is 10.1. The molecule has 0 saturated heterocycles. The maximum atomic E-state index is 4.74. The molecule has 0 N–H and O–H groups in total. The van der Waals surface area contributed by atoms with Crippen molar-refractivity contribution in [3.05, 3.63) is 64.0 Å². The number of halogens is 1. The second-order valence-electron chi connectivity index (χ2n) is 4.82. The van der Waals surface area contributed by atoms with E-state index in [0.29, 0.717) is 4.83 Å². The van der Waals surface area contributed by atoms with Crippen molar-refractivity contribution in [1.29, 1.82) is 0 Å². The minimum atomic E-state index is 0.349. The molecule has 1 aromatic carbocycles. The van der Waals surface area contributed by atoms with Gasteiger partial charge in [-0.1, -0.05) is 47.1 Å². The molecule has 0 fully saturated rings. The number of benzene rings is 1. The fraction of sp³-hybridized carbons (Fsp3) is 0.235. The first-order valence-electron chi connectivity index (χ1n) is 6.83. The molecule has 0 aliphatic carbocycles. The van der Waals surface area contributed by atoms with Crippen molar-refractivity contribution in [2.45, 2.75) is 24.6 Å². The summed E-state index contributed by atoms with van der Waals surface area (Å²) in [5.41, 5.74) is 2.21. The second-order valence-corrected chi connectivity index (χ2v) is 7.13. The number of fused-ring (bicyclic) bond motifs is 1. The van der Waals surface area contributed by atoms with Crippen LogP contribution in [0.25, 0.3) is 10.9 Å². The van der Waals surface area contributed by atoms with Crippen LogP contribution < -0.4 is 0 Å². The molecule has 20 heavy (non-hydrogen) atoms. The molecule has 3 heteroatoms. The predicted octanol–water partition coefficient (Wildman–Crippen LogP) is 5.54. The van der Waals surface area contributed by atoms with Gasteiger partial charge in [0.05, 0.1) is 10.3 Å². The van der Waals surface area contributed by atoms with Gasteiger partial charge in [-0.3, -0.25) is 4.98 Å².